The molecule has 60 valence electrons. The molecule has 0 saturated carbocycles. The largest absolute Gasteiger partial charge is 0.118 e. The Balaban J connectivity index is 2.48. The lowest BCUT2D eigenvalue weighted by Gasteiger charge is -2.03. The molecule has 0 atom stereocenters. The van der Waals surface area contributed by atoms with Crippen molar-refractivity contribution in [3.05, 3.63) is 46.5 Å². The van der Waals surface area contributed by atoms with Gasteiger partial charge in [-0.05, 0) is 31.1 Å². The summed E-state index contributed by atoms with van der Waals surface area (Å²) in [6.45, 7) is 2.13. The quantitative estimate of drug-likeness (QED) is 0.544. The van der Waals surface area contributed by atoms with Crippen LogP contribution in [-0.2, 0) is 6.42 Å². The maximum atomic E-state index is 3.13. The molecule has 0 spiro atoms. The van der Waals surface area contributed by atoms with Crippen molar-refractivity contribution < 1.29 is 0 Å². The second-order valence-electron chi connectivity index (χ2n) is 2.92. The molecule has 1 aliphatic rings. The van der Waals surface area contributed by atoms with Gasteiger partial charge < -0.3 is 0 Å². The molecule has 1 heterocycles. The number of hydrogen-bond acceptors (Lipinski definition) is 1. The van der Waals surface area contributed by atoms with Crippen molar-refractivity contribution in [2.24, 2.45) is 0 Å². The molecule has 0 N–H and O–H groups in total. The summed E-state index contributed by atoms with van der Waals surface area (Å²) in [6, 6.07) is 6.59. The zero-order chi connectivity index (χ0) is 8.39. The highest BCUT2D eigenvalue weighted by atomic mass is 32.2. The maximum absolute atomic E-state index is 3.13. The van der Waals surface area contributed by atoms with Crippen LogP contribution in [0.2, 0.25) is 0 Å². The fourth-order valence-corrected chi connectivity index (χ4v) is 2.03. The minimum atomic E-state index is 1.01. The molecule has 1 aliphatic heterocycles. The van der Waals surface area contributed by atoms with E-state index in [1.165, 1.54) is 16.0 Å². The zero-order valence-corrected chi connectivity index (χ0v) is 7.82. The molecule has 0 radical (unpaired) electrons. The Morgan fingerprint density at radius 1 is 1.42 bits per heavy atom. The van der Waals surface area contributed by atoms with E-state index in [1.54, 1.807) is 11.8 Å². The van der Waals surface area contributed by atoms with Gasteiger partial charge in [-0.1, -0.05) is 29.5 Å². The first kappa shape index (κ1) is 7.72. The Kier molecular flexibility index (Phi) is 2.07. The third-order valence-electron chi connectivity index (χ3n) is 1.91. The number of rotatable bonds is 0. The van der Waals surface area contributed by atoms with E-state index in [1.807, 2.05) is 5.41 Å². The van der Waals surface area contributed by atoms with Gasteiger partial charge in [0.05, 0.1) is 0 Å². The van der Waals surface area contributed by atoms with E-state index < -0.39 is 0 Å². The monoisotopic (exact) mass is 174 g/mol. The summed E-state index contributed by atoms with van der Waals surface area (Å²) < 4.78 is 0. The van der Waals surface area contributed by atoms with Crippen LogP contribution in [-0.4, -0.2) is 0 Å². The van der Waals surface area contributed by atoms with E-state index in [-0.39, 0.29) is 0 Å². The highest BCUT2D eigenvalue weighted by molar-refractivity contribution is 8.02. The Morgan fingerprint density at radius 3 is 3.25 bits per heavy atom. The van der Waals surface area contributed by atoms with Crippen molar-refractivity contribution in [2.75, 3.05) is 0 Å². The van der Waals surface area contributed by atoms with Crippen LogP contribution in [0.15, 0.2) is 40.3 Å². The Morgan fingerprint density at radius 2 is 2.33 bits per heavy atom. The SMILES string of the molecule is Cc1ccc2c(c1)CC=C=CS2. The predicted octanol–water partition coefficient (Wildman–Crippen LogP) is 3.31. The van der Waals surface area contributed by atoms with Crippen molar-refractivity contribution in [2.45, 2.75) is 18.2 Å². The molecule has 1 aromatic carbocycles. The first-order chi connectivity index (χ1) is 5.86. The van der Waals surface area contributed by atoms with Crippen molar-refractivity contribution >= 4 is 11.8 Å². The number of allylic oxidation sites excluding steroid dienone is 1. The molecule has 2 rings (SSSR count). The standard InChI is InChI=1S/C11H10S/c1-9-5-6-11-10(8-9)4-2-3-7-12-11/h2,5-8H,4H2,1H3. The number of hydrogen-bond donors (Lipinski definition) is 0. The average molecular weight is 174 g/mol. The number of benzene rings is 1. The lowest BCUT2D eigenvalue weighted by atomic mass is 10.1. The van der Waals surface area contributed by atoms with Crippen molar-refractivity contribution in [1.82, 2.24) is 0 Å². The van der Waals surface area contributed by atoms with Crippen LogP contribution in [0.1, 0.15) is 11.1 Å². The number of aryl methyl sites for hydroxylation is 1. The van der Waals surface area contributed by atoms with Crippen LogP contribution >= 0.6 is 11.8 Å². The molecule has 0 aliphatic carbocycles. The molecule has 1 aromatic rings. The van der Waals surface area contributed by atoms with Gasteiger partial charge in [0.25, 0.3) is 0 Å². The third kappa shape index (κ3) is 1.47. The lowest BCUT2D eigenvalue weighted by molar-refractivity contribution is 1.17. The summed E-state index contributed by atoms with van der Waals surface area (Å²) in [7, 11) is 0. The predicted molar refractivity (Wildman–Crippen MR) is 53.4 cm³/mol. The van der Waals surface area contributed by atoms with Crippen LogP contribution < -0.4 is 0 Å². The second kappa shape index (κ2) is 3.22. The van der Waals surface area contributed by atoms with Gasteiger partial charge in [0, 0.05) is 10.3 Å². The summed E-state index contributed by atoms with van der Waals surface area (Å²) in [4.78, 5) is 1.36. The molecule has 1 heteroatoms. The van der Waals surface area contributed by atoms with Crippen LogP contribution in [0.25, 0.3) is 0 Å². The molecule has 0 saturated heterocycles. The van der Waals surface area contributed by atoms with Crippen LogP contribution in [0.4, 0.5) is 0 Å². The van der Waals surface area contributed by atoms with Gasteiger partial charge in [-0.3, -0.25) is 0 Å². The summed E-state index contributed by atoms with van der Waals surface area (Å²) in [6.07, 6.45) is 3.10. The smallest absolute Gasteiger partial charge is 0.0175 e. The molecule has 0 fully saturated rings. The molecule has 12 heavy (non-hydrogen) atoms. The van der Waals surface area contributed by atoms with Crippen molar-refractivity contribution in [3.8, 4) is 0 Å². The molecule has 0 unspecified atom stereocenters. The lowest BCUT2D eigenvalue weighted by Crippen LogP contribution is -1.85. The summed E-state index contributed by atoms with van der Waals surface area (Å²) in [5, 5.41) is 2.02. The molecule has 0 bridgehead atoms. The van der Waals surface area contributed by atoms with Crippen molar-refractivity contribution in [3.63, 3.8) is 0 Å². The summed E-state index contributed by atoms with van der Waals surface area (Å²) in [5.74, 6) is 0. The highest BCUT2D eigenvalue weighted by Crippen LogP contribution is 2.26. The number of fused-ring (bicyclic) bond motifs is 1. The van der Waals surface area contributed by atoms with Gasteiger partial charge in [-0.25, -0.2) is 0 Å². The van der Waals surface area contributed by atoms with Crippen LogP contribution in [0.3, 0.4) is 0 Å². The fourth-order valence-electron chi connectivity index (χ4n) is 1.30. The van der Waals surface area contributed by atoms with Crippen LogP contribution in [0, 0.1) is 6.92 Å². The minimum absolute atomic E-state index is 1.01. The van der Waals surface area contributed by atoms with Gasteiger partial charge in [-0.2, -0.15) is 0 Å². The van der Waals surface area contributed by atoms with E-state index in [0.717, 1.165) is 6.42 Å². The topological polar surface area (TPSA) is 0 Å². The highest BCUT2D eigenvalue weighted by Gasteiger charge is 2.01. The third-order valence-corrected chi connectivity index (χ3v) is 2.82. The van der Waals surface area contributed by atoms with E-state index >= 15 is 0 Å². The second-order valence-corrected chi connectivity index (χ2v) is 3.83. The summed E-state index contributed by atoms with van der Waals surface area (Å²) >= 11 is 1.75. The maximum Gasteiger partial charge on any atom is 0.0175 e. The van der Waals surface area contributed by atoms with Gasteiger partial charge >= 0.3 is 0 Å². The van der Waals surface area contributed by atoms with Gasteiger partial charge in [0.1, 0.15) is 0 Å². The fraction of sp³-hybridized carbons (Fsp3) is 0.182. The van der Waals surface area contributed by atoms with E-state index in [9.17, 15) is 0 Å². The molecular weight excluding hydrogens is 164 g/mol. The molecule has 0 aromatic heterocycles. The van der Waals surface area contributed by atoms with E-state index in [2.05, 4.69) is 36.9 Å². The average Bonchev–Trinajstić information content (AvgIpc) is 2.28. The molecule has 0 nitrogen and oxygen atoms in total. The van der Waals surface area contributed by atoms with Crippen LogP contribution in [0.5, 0.6) is 0 Å². The molecular formula is C11H10S. The number of thioether (sulfide) groups is 1. The Bertz CT molecular complexity index is 357. The normalized spacial score (nSPS) is 14.1. The Labute approximate surface area is 77.0 Å². The summed E-state index contributed by atoms with van der Waals surface area (Å²) in [5.41, 5.74) is 5.88. The minimum Gasteiger partial charge on any atom is -0.118 e. The zero-order valence-electron chi connectivity index (χ0n) is 7.00. The van der Waals surface area contributed by atoms with Gasteiger partial charge in [-0.15, -0.1) is 5.73 Å². The molecule has 0 amide bonds. The van der Waals surface area contributed by atoms with Crippen molar-refractivity contribution in [1.29, 1.82) is 0 Å². The van der Waals surface area contributed by atoms with Gasteiger partial charge in [0.2, 0.25) is 0 Å². The van der Waals surface area contributed by atoms with Gasteiger partial charge in [0.15, 0.2) is 0 Å². The Hall–Kier alpha value is -0.910. The first-order valence-electron chi connectivity index (χ1n) is 4.02. The first-order valence-corrected chi connectivity index (χ1v) is 4.90. The van der Waals surface area contributed by atoms with E-state index in [4.69, 9.17) is 0 Å². The van der Waals surface area contributed by atoms with E-state index in [0.29, 0.717) is 0 Å².